The fourth-order valence-electron chi connectivity index (χ4n) is 1.23. The van der Waals surface area contributed by atoms with Gasteiger partial charge in [0.05, 0.1) is 0 Å². The van der Waals surface area contributed by atoms with Crippen LogP contribution in [0, 0.1) is 6.92 Å². The lowest BCUT2D eigenvalue weighted by Gasteiger charge is -2.12. The van der Waals surface area contributed by atoms with E-state index in [0.717, 1.165) is 6.42 Å². The van der Waals surface area contributed by atoms with Crippen molar-refractivity contribution in [1.29, 1.82) is 0 Å². The van der Waals surface area contributed by atoms with Gasteiger partial charge >= 0.3 is 5.97 Å². The normalized spacial score (nSPS) is 12.6. The van der Waals surface area contributed by atoms with Crippen molar-refractivity contribution < 1.29 is 14.3 Å². The average molecular weight is 259 g/mol. The molecule has 96 valence electrons. The summed E-state index contributed by atoms with van der Waals surface area (Å²) in [5.41, 5.74) is 0. The third-order valence-electron chi connectivity index (χ3n) is 2.08. The molecule has 0 amide bonds. The van der Waals surface area contributed by atoms with E-state index < -0.39 is 12.0 Å². The summed E-state index contributed by atoms with van der Waals surface area (Å²) in [5, 5.41) is 20.0. The van der Waals surface area contributed by atoms with Crippen LogP contribution in [0.2, 0.25) is 0 Å². The summed E-state index contributed by atoms with van der Waals surface area (Å²) in [4.78, 5) is 10.9. The molecule has 1 rings (SSSR count). The van der Waals surface area contributed by atoms with E-state index in [0.29, 0.717) is 29.8 Å². The fraction of sp³-hybridized carbons (Fsp3) is 0.700. The van der Waals surface area contributed by atoms with Gasteiger partial charge in [-0.2, -0.15) is 0 Å². The Morgan fingerprint density at radius 1 is 1.59 bits per heavy atom. The number of aromatic nitrogens is 2. The third kappa shape index (κ3) is 5.18. The monoisotopic (exact) mass is 259 g/mol. The number of nitrogens with zero attached hydrogens (tertiary/aromatic N) is 2. The second-order valence-electron chi connectivity index (χ2n) is 3.57. The van der Waals surface area contributed by atoms with Crippen LogP contribution in [0.1, 0.15) is 25.7 Å². The molecule has 1 heterocycles. The van der Waals surface area contributed by atoms with Crippen molar-refractivity contribution in [2.75, 3.05) is 12.3 Å². The SMILES string of the molecule is CCCNC(CCSc1nnc(C)o1)C(=O)O. The van der Waals surface area contributed by atoms with E-state index >= 15 is 0 Å². The molecular formula is C10H17N3O3S. The second-order valence-corrected chi connectivity index (χ2v) is 4.62. The molecule has 1 atom stereocenters. The van der Waals surface area contributed by atoms with Crippen molar-refractivity contribution in [2.45, 2.75) is 38.0 Å². The smallest absolute Gasteiger partial charge is 0.320 e. The zero-order chi connectivity index (χ0) is 12.7. The Hall–Kier alpha value is -1.08. The Morgan fingerprint density at radius 2 is 2.35 bits per heavy atom. The first-order chi connectivity index (χ1) is 8.13. The summed E-state index contributed by atoms with van der Waals surface area (Å²) < 4.78 is 5.18. The number of aliphatic carboxylic acids is 1. The zero-order valence-electron chi connectivity index (χ0n) is 9.97. The lowest BCUT2D eigenvalue weighted by Crippen LogP contribution is -2.37. The minimum absolute atomic E-state index is 0.488. The van der Waals surface area contributed by atoms with Crippen molar-refractivity contribution in [3.63, 3.8) is 0 Å². The Labute approximate surface area is 104 Å². The number of rotatable bonds is 8. The fourth-order valence-corrected chi connectivity index (χ4v) is 2.04. The number of carbonyl (C=O) groups is 1. The molecule has 0 fully saturated rings. The number of carboxylic acid groups (broad SMARTS) is 1. The predicted octanol–water partition coefficient (Wildman–Crippen LogP) is 1.31. The van der Waals surface area contributed by atoms with E-state index in [2.05, 4.69) is 15.5 Å². The molecule has 0 saturated carbocycles. The first-order valence-electron chi connectivity index (χ1n) is 5.52. The molecule has 1 aromatic heterocycles. The van der Waals surface area contributed by atoms with Gasteiger partial charge in [-0.25, -0.2) is 0 Å². The summed E-state index contributed by atoms with van der Waals surface area (Å²) >= 11 is 1.38. The highest BCUT2D eigenvalue weighted by Crippen LogP contribution is 2.17. The molecule has 0 spiro atoms. The van der Waals surface area contributed by atoms with Gasteiger partial charge in [0, 0.05) is 12.7 Å². The van der Waals surface area contributed by atoms with Crippen molar-refractivity contribution in [3.8, 4) is 0 Å². The molecule has 0 aliphatic rings. The number of hydrogen-bond acceptors (Lipinski definition) is 6. The molecule has 0 aliphatic carbocycles. The minimum Gasteiger partial charge on any atom is -0.480 e. The topological polar surface area (TPSA) is 88.3 Å². The maximum Gasteiger partial charge on any atom is 0.320 e. The minimum atomic E-state index is -0.819. The first kappa shape index (κ1) is 14.0. The van der Waals surface area contributed by atoms with Crippen LogP contribution in [0.25, 0.3) is 0 Å². The number of carboxylic acids is 1. The summed E-state index contributed by atoms with van der Waals surface area (Å²) in [6.45, 7) is 4.43. The van der Waals surface area contributed by atoms with E-state index in [-0.39, 0.29) is 0 Å². The molecule has 7 heteroatoms. The quantitative estimate of drug-likeness (QED) is 0.680. The maximum absolute atomic E-state index is 10.9. The van der Waals surface area contributed by atoms with Gasteiger partial charge < -0.3 is 14.8 Å². The second kappa shape index (κ2) is 7.29. The Bertz CT molecular complexity index is 356. The van der Waals surface area contributed by atoms with Crippen molar-refractivity contribution in [2.24, 2.45) is 0 Å². The number of aryl methyl sites for hydroxylation is 1. The highest BCUT2D eigenvalue weighted by molar-refractivity contribution is 7.99. The molecule has 0 saturated heterocycles. The summed E-state index contributed by atoms with van der Waals surface area (Å²) in [7, 11) is 0. The highest BCUT2D eigenvalue weighted by Gasteiger charge is 2.16. The summed E-state index contributed by atoms with van der Waals surface area (Å²) in [6.07, 6.45) is 1.45. The highest BCUT2D eigenvalue weighted by atomic mass is 32.2. The van der Waals surface area contributed by atoms with Gasteiger partial charge in [-0.05, 0) is 19.4 Å². The lowest BCUT2D eigenvalue weighted by molar-refractivity contribution is -0.139. The molecule has 17 heavy (non-hydrogen) atoms. The van der Waals surface area contributed by atoms with Crippen molar-refractivity contribution in [3.05, 3.63) is 5.89 Å². The molecule has 0 bridgehead atoms. The molecule has 6 nitrogen and oxygen atoms in total. The van der Waals surface area contributed by atoms with Crippen LogP contribution < -0.4 is 5.32 Å². The van der Waals surface area contributed by atoms with Gasteiger partial charge in [0.1, 0.15) is 6.04 Å². The van der Waals surface area contributed by atoms with Gasteiger partial charge in [-0.3, -0.25) is 4.79 Å². The molecule has 2 N–H and O–H groups in total. The molecule has 1 unspecified atom stereocenters. The Morgan fingerprint density at radius 3 is 2.88 bits per heavy atom. The molecule has 0 radical (unpaired) electrons. The first-order valence-corrected chi connectivity index (χ1v) is 6.51. The summed E-state index contributed by atoms with van der Waals surface area (Å²) in [5.74, 6) is 0.335. The maximum atomic E-state index is 10.9. The zero-order valence-corrected chi connectivity index (χ0v) is 10.8. The average Bonchev–Trinajstić information content (AvgIpc) is 2.68. The van der Waals surface area contributed by atoms with Crippen molar-refractivity contribution >= 4 is 17.7 Å². The molecule has 1 aromatic rings. The van der Waals surface area contributed by atoms with Gasteiger partial charge in [0.25, 0.3) is 5.22 Å². The van der Waals surface area contributed by atoms with E-state index in [9.17, 15) is 4.79 Å². The van der Waals surface area contributed by atoms with Gasteiger partial charge in [-0.1, -0.05) is 18.7 Å². The van der Waals surface area contributed by atoms with Gasteiger partial charge in [0.15, 0.2) is 0 Å². The summed E-state index contributed by atoms with van der Waals surface area (Å²) in [6, 6.07) is -0.508. The molecule has 0 aliphatic heterocycles. The van der Waals surface area contributed by atoms with Gasteiger partial charge in [-0.15, -0.1) is 10.2 Å². The number of hydrogen-bond donors (Lipinski definition) is 2. The van der Waals surface area contributed by atoms with Crippen LogP contribution in [0.3, 0.4) is 0 Å². The van der Waals surface area contributed by atoms with Crippen LogP contribution in [0.5, 0.6) is 0 Å². The Kier molecular flexibility index (Phi) is 5.99. The van der Waals surface area contributed by atoms with Crippen LogP contribution in [0.15, 0.2) is 9.64 Å². The van der Waals surface area contributed by atoms with Crippen LogP contribution in [-0.4, -0.2) is 39.6 Å². The van der Waals surface area contributed by atoms with E-state index in [4.69, 9.17) is 9.52 Å². The standard InChI is InChI=1S/C10H17N3O3S/c1-3-5-11-8(9(14)15)4-6-17-10-13-12-7(2)16-10/h8,11H,3-6H2,1-2H3,(H,14,15). The van der Waals surface area contributed by atoms with Crippen LogP contribution in [-0.2, 0) is 4.79 Å². The number of thioether (sulfide) groups is 1. The van der Waals surface area contributed by atoms with Gasteiger partial charge in [0.2, 0.25) is 5.89 Å². The molecule has 0 aromatic carbocycles. The van der Waals surface area contributed by atoms with E-state index in [1.165, 1.54) is 11.8 Å². The predicted molar refractivity (Wildman–Crippen MR) is 64.1 cm³/mol. The lowest BCUT2D eigenvalue weighted by atomic mass is 10.2. The van der Waals surface area contributed by atoms with E-state index in [1.807, 2.05) is 6.92 Å². The Balaban J connectivity index is 2.29. The molecular weight excluding hydrogens is 242 g/mol. The third-order valence-corrected chi connectivity index (χ3v) is 2.93. The van der Waals surface area contributed by atoms with Crippen molar-refractivity contribution in [1.82, 2.24) is 15.5 Å². The number of nitrogens with one attached hydrogen (secondary N) is 1. The van der Waals surface area contributed by atoms with Crippen LogP contribution >= 0.6 is 11.8 Å². The van der Waals surface area contributed by atoms with E-state index in [1.54, 1.807) is 6.92 Å². The van der Waals surface area contributed by atoms with Crippen LogP contribution in [0.4, 0.5) is 0 Å². The largest absolute Gasteiger partial charge is 0.480 e.